The molecule has 0 aliphatic heterocycles. The van der Waals surface area contributed by atoms with E-state index in [1.165, 1.54) is 5.56 Å². The molecule has 1 aliphatic rings. The van der Waals surface area contributed by atoms with Crippen LogP contribution in [-0.4, -0.2) is 18.7 Å². The minimum atomic E-state index is 0.286. The fraction of sp³-hybridized carbons (Fsp3) is 0.333. The molecular weight excluding hydrogens is 282 g/mol. The molecule has 2 aromatic rings. The van der Waals surface area contributed by atoms with Crippen molar-refractivity contribution in [3.63, 3.8) is 0 Å². The molecule has 2 aromatic carbocycles. The molecule has 2 nitrogen and oxygen atoms in total. The maximum atomic E-state index is 6.36. The molecule has 21 heavy (non-hydrogen) atoms. The van der Waals surface area contributed by atoms with Crippen LogP contribution in [0.4, 0.5) is 0 Å². The normalized spacial score (nSPS) is 20.9. The molecule has 0 bridgehead atoms. The van der Waals surface area contributed by atoms with E-state index in [1.807, 2.05) is 30.3 Å². The van der Waals surface area contributed by atoms with Gasteiger partial charge < -0.3 is 10.1 Å². The van der Waals surface area contributed by atoms with Crippen molar-refractivity contribution in [1.82, 2.24) is 5.32 Å². The molecule has 0 saturated heterocycles. The summed E-state index contributed by atoms with van der Waals surface area (Å²) in [4.78, 5) is 0. The second kappa shape index (κ2) is 6.50. The number of halogens is 1. The second-order valence-electron chi connectivity index (χ2n) is 5.48. The number of rotatable bonds is 5. The van der Waals surface area contributed by atoms with Crippen LogP contribution in [0.15, 0.2) is 48.5 Å². The third kappa shape index (κ3) is 3.39. The Balaban J connectivity index is 1.66. The first-order valence-corrected chi connectivity index (χ1v) is 7.89. The summed E-state index contributed by atoms with van der Waals surface area (Å²) in [6.07, 6.45) is 2.41. The van der Waals surface area contributed by atoms with Crippen molar-refractivity contribution in [3.05, 3.63) is 53.6 Å². The first-order valence-electron chi connectivity index (χ1n) is 7.51. The molecule has 110 valence electrons. The van der Waals surface area contributed by atoms with Gasteiger partial charge in [0.05, 0.1) is 5.02 Å². The van der Waals surface area contributed by atoms with Crippen LogP contribution < -0.4 is 10.1 Å². The summed E-state index contributed by atoms with van der Waals surface area (Å²) < 4.78 is 5.98. The van der Waals surface area contributed by atoms with Gasteiger partial charge in [0.15, 0.2) is 0 Å². The van der Waals surface area contributed by atoms with Crippen molar-refractivity contribution in [2.75, 3.05) is 6.54 Å². The van der Waals surface area contributed by atoms with Crippen LogP contribution in [0.25, 0.3) is 11.1 Å². The minimum absolute atomic E-state index is 0.286. The van der Waals surface area contributed by atoms with Crippen LogP contribution in [0.3, 0.4) is 0 Å². The van der Waals surface area contributed by atoms with Crippen LogP contribution in [0.5, 0.6) is 5.75 Å². The largest absolute Gasteiger partial charge is 0.489 e. The van der Waals surface area contributed by atoms with E-state index in [0.29, 0.717) is 11.1 Å². The number of nitrogens with one attached hydrogen (secondary N) is 1. The Hall–Kier alpha value is -1.51. The van der Waals surface area contributed by atoms with Gasteiger partial charge >= 0.3 is 0 Å². The summed E-state index contributed by atoms with van der Waals surface area (Å²) in [7, 11) is 0. The third-order valence-corrected chi connectivity index (χ3v) is 4.22. The maximum absolute atomic E-state index is 6.36. The molecule has 0 radical (unpaired) electrons. The third-order valence-electron chi connectivity index (χ3n) is 3.92. The Morgan fingerprint density at radius 1 is 1.10 bits per heavy atom. The van der Waals surface area contributed by atoms with Gasteiger partial charge in [0.25, 0.3) is 0 Å². The molecule has 0 amide bonds. The number of benzene rings is 2. The van der Waals surface area contributed by atoms with Crippen LogP contribution in [0.1, 0.15) is 19.8 Å². The van der Waals surface area contributed by atoms with Crippen LogP contribution in [-0.2, 0) is 0 Å². The van der Waals surface area contributed by atoms with Gasteiger partial charge in [-0.1, -0.05) is 54.9 Å². The van der Waals surface area contributed by atoms with Crippen LogP contribution in [0.2, 0.25) is 5.02 Å². The van der Waals surface area contributed by atoms with Crippen molar-refractivity contribution in [2.24, 2.45) is 0 Å². The molecule has 0 heterocycles. The zero-order valence-corrected chi connectivity index (χ0v) is 12.9. The van der Waals surface area contributed by atoms with E-state index in [2.05, 4.69) is 30.4 Å². The summed E-state index contributed by atoms with van der Waals surface area (Å²) in [6.45, 7) is 3.15. The van der Waals surface area contributed by atoms with E-state index >= 15 is 0 Å². The van der Waals surface area contributed by atoms with Crippen molar-refractivity contribution in [2.45, 2.75) is 31.9 Å². The van der Waals surface area contributed by atoms with E-state index in [-0.39, 0.29) is 6.10 Å². The predicted molar refractivity (Wildman–Crippen MR) is 88.0 cm³/mol. The Labute approximate surface area is 131 Å². The highest BCUT2D eigenvalue weighted by Gasteiger charge is 2.30. The fourth-order valence-electron chi connectivity index (χ4n) is 2.70. The van der Waals surface area contributed by atoms with Gasteiger partial charge in [-0.3, -0.25) is 0 Å². The molecule has 0 atom stereocenters. The number of hydrogen-bond acceptors (Lipinski definition) is 2. The Morgan fingerprint density at radius 2 is 1.86 bits per heavy atom. The zero-order valence-electron chi connectivity index (χ0n) is 12.2. The summed E-state index contributed by atoms with van der Waals surface area (Å²) in [5, 5.41) is 4.11. The molecule has 0 unspecified atom stereocenters. The standard InChI is InChI=1S/C18H20ClNO/c1-2-20-15-11-16(12-15)21-18-9-8-14(10-17(18)19)13-6-4-3-5-7-13/h3-10,15-16,20H,2,11-12H2,1H3. The molecule has 1 aliphatic carbocycles. The van der Waals surface area contributed by atoms with Crippen molar-refractivity contribution in [3.8, 4) is 16.9 Å². The SMILES string of the molecule is CCNC1CC(Oc2ccc(-c3ccccc3)cc2Cl)C1. The van der Waals surface area contributed by atoms with Crippen LogP contribution in [0, 0.1) is 0 Å². The van der Waals surface area contributed by atoms with Crippen molar-refractivity contribution < 1.29 is 4.74 Å². The Kier molecular flexibility index (Phi) is 4.47. The Morgan fingerprint density at radius 3 is 2.52 bits per heavy atom. The molecular formula is C18H20ClNO. The van der Waals surface area contributed by atoms with Gasteiger partial charge in [-0.25, -0.2) is 0 Å². The van der Waals surface area contributed by atoms with Crippen molar-refractivity contribution >= 4 is 11.6 Å². The summed E-state index contributed by atoms with van der Waals surface area (Å²) in [6, 6.07) is 16.9. The first kappa shape index (κ1) is 14.4. The quantitative estimate of drug-likeness (QED) is 0.876. The van der Waals surface area contributed by atoms with Gasteiger partial charge in [0.1, 0.15) is 11.9 Å². The minimum Gasteiger partial charge on any atom is -0.489 e. The Bertz CT molecular complexity index is 593. The highest BCUT2D eigenvalue weighted by Crippen LogP contribution is 2.33. The van der Waals surface area contributed by atoms with Gasteiger partial charge in [-0.15, -0.1) is 0 Å². The monoisotopic (exact) mass is 301 g/mol. The molecule has 1 saturated carbocycles. The highest BCUT2D eigenvalue weighted by atomic mass is 35.5. The topological polar surface area (TPSA) is 21.3 Å². The van der Waals surface area contributed by atoms with E-state index in [4.69, 9.17) is 16.3 Å². The summed E-state index contributed by atoms with van der Waals surface area (Å²) >= 11 is 6.36. The molecule has 1 N–H and O–H groups in total. The average Bonchev–Trinajstić information content (AvgIpc) is 2.47. The first-order chi connectivity index (χ1) is 10.3. The van der Waals surface area contributed by atoms with E-state index in [1.54, 1.807) is 0 Å². The smallest absolute Gasteiger partial charge is 0.138 e. The van der Waals surface area contributed by atoms with Gasteiger partial charge in [-0.2, -0.15) is 0 Å². The van der Waals surface area contributed by atoms with Crippen LogP contribution >= 0.6 is 11.6 Å². The molecule has 0 aromatic heterocycles. The van der Waals surface area contributed by atoms with Gasteiger partial charge in [0, 0.05) is 6.04 Å². The van der Waals surface area contributed by atoms with Gasteiger partial charge in [-0.05, 0) is 42.6 Å². The molecule has 0 spiro atoms. The van der Waals surface area contributed by atoms with E-state index in [0.717, 1.165) is 30.7 Å². The molecule has 3 heteroatoms. The lowest BCUT2D eigenvalue weighted by Crippen LogP contribution is -2.46. The summed E-state index contributed by atoms with van der Waals surface area (Å²) in [5.41, 5.74) is 2.29. The maximum Gasteiger partial charge on any atom is 0.138 e. The lowest BCUT2D eigenvalue weighted by molar-refractivity contribution is 0.0860. The fourth-order valence-corrected chi connectivity index (χ4v) is 2.93. The average molecular weight is 302 g/mol. The molecule has 3 rings (SSSR count). The van der Waals surface area contributed by atoms with E-state index < -0.39 is 0 Å². The highest BCUT2D eigenvalue weighted by molar-refractivity contribution is 6.32. The van der Waals surface area contributed by atoms with Crippen molar-refractivity contribution in [1.29, 1.82) is 0 Å². The number of hydrogen-bond donors (Lipinski definition) is 1. The van der Waals surface area contributed by atoms with Gasteiger partial charge in [0.2, 0.25) is 0 Å². The summed E-state index contributed by atoms with van der Waals surface area (Å²) in [5.74, 6) is 0.788. The lowest BCUT2D eigenvalue weighted by atomic mass is 9.89. The second-order valence-corrected chi connectivity index (χ2v) is 5.88. The molecule has 1 fully saturated rings. The lowest BCUT2D eigenvalue weighted by Gasteiger charge is -2.36. The number of ether oxygens (including phenoxy) is 1. The van der Waals surface area contributed by atoms with E-state index in [9.17, 15) is 0 Å². The zero-order chi connectivity index (χ0) is 14.7. The predicted octanol–water partition coefficient (Wildman–Crippen LogP) is 4.53.